The van der Waals surface area contributed by atoms with Crippen molar-refractivity contribution in [3.05, 3.63) is 0 Å². The Morgan fingerprint density at radius 1 is 1.50 bits per heavy atom. The number of halogens is 1. The molecule has 0 saturated heterocycles. The van der Waals surface area contributed by atoms with Crippen molar-refractivity contribution in [1.82, 2.24) is 0 Å². The topological polar surface area (TPSA) is 74.6 Å². The van der Waals surface area contributed by atoms with E-state index in [1.54, 1.807) is 0 Å². The average Bonchev–Trinajstić information content (AvgIpc) is 1.87. The van der Waals surface area contributed by atoms with E-state index in [0.717, 1.165) is 0 Å². The summed E-state index contributed by atoms with van der Waals surface area (Å²) in [5, 5.41) is 16.8. The summed E-state index contributed by atoms with van der Waals surface area (Å²) < 4.78 is 0. The quantitative estimate of drug-likeness (QED) is 0.630. The number of rotatable bonds is 4. The normalized spacial score (nSPS) is 12.6. The van der Waals surface area contributed by atoms with Gasteiger partial charge in [0.15, 0.2) is 6.10 Å². The summed E-state index contributed by atoms with van der Waals surface area (Å²) in [4.78, 5) is 20.4. The molecule has 0 heterocycles. The predicted molar refractivity (Wildman–Crippen MR) is 37.1 cm³/mol. The minimum absolute atomic E-state index is 0.0807. The van der Waals surface area contributed by atoms with Gasteiger partial charge in [0.05, 0.1) is 5.33 Å². The van der Waals surface area contributed by atoms with Crippen LogP contribution in [0.15, 0.2) is 0 Å². The monoisotopic (exact) mass is 210 g/mol. The van der Waals surface area contributed by atoms with Crippen molar-refractivity contribution in [2.24, 2.45) is 0 Å². The summed E-state index contributed by atoms with van der Waals surface area (Å²) in [5.41, 5.74) is 0. The van der Waals surface area contributed by atoms with Crippen LogP contribution < -0.4 is 0 Å². The van der Waals surface area contributed by atoms with Gasteiger partial charge in [-0.15, -0.1) is 0 Å². The van der Waals surface area contributed by atoms with Gasteiger partial charge in [-0.3, -0.25) is 4.79 Å². The summed E-state index contributed by atoms with van der Waals surface area (Å²) in [6.45, 7) is 0. The van der Waals surface area contributed by atoms with Gasteiger partial charge >= 0.3 is 5.97 Å². The molecule has 0 radical (unpaired) electrons. The van der Waals surface area contributed by atoms with Crippen molar-refractivity contribution in [3.63, 3.8) is 0 Å². The van der Waals surface area contributed by atoms with Gasteiger partial charge in [0.25, 0.3) is 0 Å². The number of carboxylic acid groups (broad SMARTS) is 1. The maximum Gasteiger partial charge on any atom is 0.332 e. The average molecular weight is 211 g/mol. The third-order valence-corrected chi connectivity index (χ3v) is 1.48. The van der Waals surface area contributed by atoms with E-state index in [4.69, 9.17) is 10.2 Å². The molecule has 1 atom stereocenters. The molecule has 0 aliphatic heterocycles. The Morgan fingerprint density at radius 3 is 2.30 bits per heavy atom. The SMILES string of the molecule is O=C(CBr)C[C@H](O)C(=O)O. The molecule has 58 valence electrons. The van der Waals surface area contributed by atoms with Gasteiger partial charge < -0.3 is 10.2 Å². The Morgan fingerprint density at radius 2 is 2.00 bits per heavy atom. The van der Waals surface area contributed by atoms with Gasteiger partial charge in [-0.2, -0.15) is 0 Å². The molecule has 2 N–H and O–H groups in total. The van der Waals surface area contributed by atoms with Crippen LogP contribution in [-0.2, 0) is 9.59 Å². The minimum Gasteiger partial charge on any atom is -0.479 e. The second-order valence-electron chi connectivity index (χ2n) is 1.73. The van der Waals surface area contributed by atoms with E-state index >= 15 is 0 Å². The highest BCUT2D eigenvalue weighted by Gasteiger charge is 2.16. The summed E-state index contributed by atoms with van der Waals surface area (Å²) in [5.74, 6) is -1.69. The van der Waals surface area contributed by atoms with E-state index in [1.165, 1.54) is 0 Å². The zero-order chi connectivity index (χ0) is 8.15. The molecule has 0 spiro atoms. The van der Waals surface area contributed by atoms with Gasteiger partial charge in [0, 0.05) is 6.42 Å². The molecule has 5 heteroatoms. The van der Waals surface area contributed by atoms with E-state index in [2.05, 4.69) is 15.9 Å². The van der Waals surface area contributed by atoms with E-state index in [-0.39, 0.29) is 17.5 Å². The molecule has 0 aromatic carbocycles. The Labute approximate surface area is 66.0 Å². The van der Waals surface area contributed by atoms with E-state index in [1.807, 2.05) is 0 Å². The molecular formula is C5H7BrO4. The minimum atomic E-state index is -1.56. The van der Waals surface area contributed by atoms with Crippen LogP contribution >= 0.6 is 15.9 Å². The standard InChI is InChI=1S/C5H7BrO4/c6-2-3(7)1-4(8)5(9)10/h4,8H,1-2H2,(H,9,10)/t4-/m0/s1. The lowest BCUT2D eigenvalue weighted by Crippen LogP contribution is -2.23. The zero-order valence-corrected chi connectivity index (χ0v) is 6.67. The number of aliphatic carboxylic acids is 1. The molecule has 10 heavy (non-hydrogen) atoms. The fraction of sp³-hybridized carbons (Fsp3) is 0.600. The molecule has 0 aliphatic rings. The van der Waals surface area contributed by atoms with E-state index < -0.39 is 12.1 Å². The first-order valence-electron chi connectivity index (χ1n) is 2.56. The molecule has 4 nitrogen and oxygen atoms in total. The Bertz CT molecular complexity index is 145. The summed E-state index contributed by atoms with van der Waals surface area (Å²) >= 11 is 2.84. The van der Waals surface area contributed by atoms with E-state index in [0.29, 0.717) is 0 Å². The highest BCUT2D eigenvalue weighted by atomic mass is 79.9. The van der Waals surface area contributed by atoms with Crippen LogP contribution in [-0.4, -0.2) is 33.4 Å². The molecule has 0 fully saturated rings. The molecule has 0 aromatic rings. The van der Waals surface area contributed by atoms with Crippen molar-refractivity contribution in [1.29, 1.82) is 0 Å². The smallest absolute Gasteiger partial charge is 0.332 e. The third-order valence-electron chi connectivity index (χ3n) is 0.855. The number of carboxylic acids is 1. The number of alkyl halides is 1. The maximum absolute atomic E-state index is 10.5. The van der Waals surface area contributed by atoms with Crippen LogP contribution in [0.5, 0.6) is 0 Å². The summed E-state index contributed by atoms with van der Waals surface area (Å²) in [7, 11) is 0. The lowest BCUT2D eigenvalue weighted by molar-refractivity contribution is -0.148. The second-order valence-corrected chi connectivity index (χ2v) is 2.29. The number of ketones is 1. The molecule has 0 aliphatic carbocycles. The number of hydrogen-bond donors (Lipinski definition) is 2. The molecule has 0 rings (SSSR count). The third kappa shape index (κ3) is 3.58. The van der Waals surface area contributed by atoms with Crippen LogP contribution in [0.25, 0.3) is 0 Å². The molecule has 0 bridgehead atoms. The first-order valence-corrected chi connectivity index (χ1v) is 3.68. The van der Waals surface area contributed by atoms with Gasteiger partial charge in [-0.05, 0) is 0 Å². The molecule has 0 amide bonds. The Balaban J connectivity index is 3.68. The number of aliphatic hydroxyl groups excluding tert-OH is 1. The highest BCUT2D eigenvalue weighted by Crippen LogP contribution is 1.95. The molecule has 0 saturated carbocycles. The van der Waals surface area contributed by atoms with Crippen molar-refractivity contribution in [2.75, 3.05) is 5.33 Å². The first-order chi connectivity index (χ1) is 4.57. The van der Waals surface area contributed by atoms with Crippen molar-refractivity contribution in [3.8, 4) is 0 Å². The fourth-order valence-electron chi connectivity index (χ4n) is 0.358. The maximum atomic E-state index is 10.5. The summed E-state index contributed by atoms with van der Waals surface area (Å²) in [6, 6.07) is 0. The molecular weight excluding hydrogens is 204 g/mol. The van der Waals surface area contributed by atoms with Crippen LogP contribution in [0.3, 0.4) is 0 Å². The predicted octanol–water partition coefficient (Wildman–Crippen LogP) is -0.214. The van der Waals surface area contributed by atoms with Crippen LogP contribution in [0.2, 0.25) is 0 Å². The molecule has 0 unspecified atom stereocenters. The molecule has 0 aromatic heterocycles. The number of carbonyl (C=O) groups excluding carboxylic acids is 1. The van der Waals surface area contributed by atoms with Crippen LogP contribution in [0.1, 0.15) is 6.42 Å². The zero-order valence-electron chi connectivity index (χ0n) is 5.08. The number of carbonyl (C=O) groups is 2. The lowest BCUT2D eigenvalue weighted by atomic mass is 10.2. The largest absolute Gasteiger partial charge is 0.479 e. The second kappa shape index (κ2) is 4.40. The highest BCUT2D eigenvalue weighted by molar-refractivity contribution is 9.09. The van der Waals surface area contributed by atoms with Gasteiger partial charge in [0.2, 0.25) is 0 Å². The van der Waals surface area contributed by atoms with Crippen molar-refractivity contribution in [2.45, 2.75) is 12.5 Å². The number of hydrogen-bond acceptors (Lipinski definition) is 3. The van der Waals surface area contributed by atoms with E-state index in [9.17, 15) is 9.59 Å². The Kier molecular flexibility index (Phi) is 4.22. The number of aliphatic hydroxyl groups is 1. The van der Waals surface area contributed by atoms with Gasteiger partial charge in [-0.1, -0.05) is 15.9 Å². The summed E-state index contributed by atoms with van der Waals surface area (Å²) in [6.07, 6.45) is -1.90. The first kappa shape index (κ1) is 9.58. The van der Waals surface area contributed by atoms with Gasteiger partial charge in [0.1, 0.15) is 5.78 Å². The van der Waals surface area contributed by atoms with Crippen LogP contribution in [0, 0.1) is 0 Å². The Hall–Kier alpha value is -0.420. The van der Waals surface area contributed by atoms with Crippen molar-refractivity contribution >= 4 is 27.7 Å². The fourth-order valence-corrected chi connectivity index (χ4v) is 0.586. The van der Waals surface area contributed by atoms with Gasteiger partial charge in [-0.25, -0.2) is 4.79 Å². The van der Waals surface area contributed by atoms with Crippen LogP contribution in [0.4, 0.5) is 0 Å². The lowest BCUT2D eigenvalue weighted by Gasteiger charge is -2.00. The number of Topliss-reactive ketones (excluding diaryl/α,β-unsaturated/α-hetero) is 1. The van der Waals surface area contributed by atoms with Crippen molar-refractivity contribution < 1.29 is 19.8 Å².